The summed E-state index contributed by atoms with van der Waals surface area (Å²) < 4.78 is 5.47. The van der Waals surface area contributed by atoms with Crippen LogP contribution in [-0.2, 0) is 12.0 Å². The fourth-order valence-corrected chi connectivity index (χ4v) is 4.26. The Hall–Kier alpha value is -2.76. The number of H-pyrrole nitrogens is 1. The van der Waals surface area contributed by atoms with Crippen molar-refractivity contribution in [2.24, 2.45) is 5.92 Å². The molecular formula is C24H37Cl2N9O2. The predicted octanol–water partition coefficient (Wildman–Crippen LogP) is 3.58. The van der Waals surface area contributed by atoms with Gasteiger partial charge >= 0.3 is 0 Å². The molecule has 3 N–H and O–H groups in total. The maximum Gasteiger partial charge on any atom is 0.259 e. The molecule has 11 nitrogen and oxygen atoms in total. The van der Waals surface area contributed by atoms with Crippen LogP contribution in [0.3, 0.4) is 0 Å². The van der Waals surface area contributed by atoms with E-state index >= 15 is 0 Å². The van der Waals surface area contributed by atoms with Gasteiger partial charge in [0.05, 0.1) is 12.8 Å². The van der Waals surface area contributed by atoms with E-state index in [1.165, 1.54) is 0 Å². The van der Waals surface area contributed by atoms with E-state index in [2.05, 4.69) is 70.9 Å². The molecule has 2 atom stereocenters. The topological polar surface area (TPSA) is 138 Å². The SMILES string of the molecule is CC(C)CN(C(=O)c1cnc(C(C)(C)C)nc1NCc1ccco1)C1CNC[C@H](c2nn[nH]n2)C1.Cl.Cl. The van der Waals surface area contributed by atoms with Crippen LogP contribution in [0.2, 0.25) is 0 Å². The fraction of sp³-hybridized carbons (Fsp3) is 0.583. The van der Waals surface area contributed by atoms with Crippen molar-refractivity contribution in [3.8, 4) is 0 Å². The Morgan fingerprint density at radius 1 is 1.27 bits per heavy atom. The van der Waals surface area contributed by atoms with Crippen molar-refractivity contribution < 1.29 is 9.21 Å². The molecule has 1 aliphatic rings. The molecule has 1 amide bonds. The van der Waals surface area contributed by atoms with Crippen LogP contribution in [0.25, 0.3) is 0 Å². The minimum absolute atomic E-state index is 0. The number of carbonyl (C=O) groups excluding carboxylic acids is 1. The molecule has 1 aliphatic heterocycles. The Balaban J connectivity index is 0.00000241. The van der Waals surface area contributed by atoms with E-state index in [1.54, 1.807) is 12.5 Å². The molecule has 3 aromatic heterocycles. The Morgan fingerprint density at radius 2 is 2.05 bits per heavy atom. The van der Waals surface area contributed by atoms with Crippen molar-refractivity contribution in [1.29, 1.82) is 0 Å². The van der Waals surface area contributed by atoms with Gasteiger partial charge in [0.25, 0.3) is 5.91 Å². The Kier molecular flexibility index (Phi) is 10.8. The number of nitrogens with one attached hydrogen (secondary N) is 3. The van der Waals surface area contributed by atoms with E-state index in [-0.39, 0.29) is 48.1 Å². The van der Waals surface area contributed by atoms with E-state index in [0.29, 0.717) is 48.6 Å². The quantitative estimate of drug-likeness (QED) is 0.382. The molecule has 1 unspecified atom stereocenters. The number of hydrogen-bond donors (Lipinski definition) is 3. The number of rotatable bonds is 8. The molecule has 4 heterocycles. The van der Waals surface area contributed by atoms with Crippen LogP contribution >= 0.6 is 24.8 Å². The van der Waals surface area contributed by atoms with Crippen molar-refractivity contribution in [2.45, 2.75) is 65.0 Å². The fourth-order valence-electron chi connectivity index (χ4n) is 4.26. The van der Waals surface area contributed by atoms with Crippen molar-refractivity contribution in [1.82, 2.24) is 40.8 Å². The molecule has 37 heavy (non-hydrogen) atoms. The summed E-state index contributed by atoms with van der Waals surface area (Å²) in [6.07, 6.45) is 4.03. The molecule has 13 heteroatoms. The maximum absolute atomic E-state index is 14.0. The average Bonchev–Trinajstić information content (AvgIpc) is 3.54. The lowest BCUT2D eigenvalue weighted by molar-refractivity contribution is 0.0607. The number of tetrazole rings is 1. The maximum atomic E-state index is 14.0. The summed E-state index contributed by atoms with van der Waals surface area (Å²) in [6.45, 7) is 12.9. The average molecular weight is 555 g/mol. The molecule has 0 aromatic carbocycles. The van der Waals surface area contributed by atoms with Crippen molar-refractivity contribution >= 4 is 36.5 Å². The minimum Gasteiger partial charge on any atom is -0.467 e. The first kappa shape index (κ1) is 30.5. The normalized spacial score (nSPS) is 17.6. The number of anilines is 1. The number of aromatic amines is 1. The number of carbonyl (C=O) groups is 1. The second kappa shape index (κ2) is 13.2. The van der Waals surface area contributed by atoms with Crippen molar-refractivity contribution in [2.75, 3.05) is 25.0 Å². The number of furan rings is 1. The molecule has 1 fully saturated rings. The van der Waals surface area contributed by atoms with Gasteiger partial charge in [-0.15, -0.1) is 35.0 Å². The Morgan fingerprint density at radius 3 is 2.68 bits per heavy atom. The van der Waals surface area contributed by atoms with E-state index in [9.17, 15) is 4.79 Å². The first-order valence-corrected chi connectivity index (χ1v) is 12.1. The summed E-state index contributed by atoms with van der Waals surface area (Å²) >= 11 is 0. The van der Waals surface area contributed by atoms with E-state index in [0.717, 1.165) is 18.7 Å². The number of piperidine rings is 1. The molecule has 204 valence electrons. The van der Waals surface area contributed by atoms with Crippen molar-refractivity contribution in [3.63, 3.8) is 0 Å². The summed E-state index contributed by atoms with van der Waals surface area (Å²) in [7, 11) is 0. The van der Waals surface area contributed by atoms with Gasteiger partial charge in [-0.25, -0.2) is 9.97 Å². The third-order valence-electron chi connectivity index (χ3n) is 6.02. The Labute approximate surface area is 229 Å². The third-order valence-corrected chi connectivity index (χ3v) is 6.02. The third kappa shape index (κ3) is 7.62. The summed E-state index contributed by atoms with van der Waals surface area (Å²) in [4.78, 5) is 25.3. The zero-order valence-corrected chi connectivity index (χ0v) is 23.5. The predicted molar refractivity (Wildman–Crippen MR) is 145 cm³/mol. The second-order valence-electron chi connectivity index (χ2n) is 10.5. The zero-order valence-electron chi connectivity index (χ0n) is 21.9. The van der Waals surface area contributed by atoms with Gasteiger partial charge in [0.15, 0.2) is 5.82 Å². The molecule has 0 bridgehead atoms. The van der Waals surface area contributed by atoms with Gasteiger partial charge in [-0.05, 0) is 24.5 Å². The smallest absolute Gasteiger partial charge is 0.259 e. The van der Waals surface area contributed by atoms with Crippen LogP contribution in [0.1, 0.15) is 74.7 Å². The molecular weight excluding hydrogens is 517 g/mol. The first-order valence-electron chi connectivity index (χ1n) is 12.1. The van der Waals surface area contributed by atoms with E-state index in [4.69, 9.17) is 9.40 Å². The summed E-state index contributed by atoms with van der Waals surface area (Å²) in [5.41, 5.74) is 0.192. The molecule has 0 spiro atoms. The highest BCUT2D eigenvalue weighted by molar-refractivity contribution is 5.98. The highest BCUT2D eigenvalue weighted by Gasteiger charge is 2.34. The molecule has 0 aliphatic carbocycles. The van der Waals surface area contributed by atoms with Crippen molar-refractivity contribution in [3.05, 3.63) is 47.6 Å². The number of hydrogen-bond acceptors (Lipinski definition) is 9. The second-order valence-corrected chi connectivity index (χ2v) is 10.5. The van der Waals surface area contributed by atoms with Crippen LogP contribution in [0.15, 0.2) is 29.0 Å². The highest BCUT2D eigenvalue weighted by atomic mass is 35.5. The summed E-state index contributed by atoms with van der Waals surface area (Å²) in [6, 6.07) is 3.70. The zero-order chi connectivity index (χ0) is 25.0. The lowest BCUT2D eigenvalue weighted by Gasteiger charge is -2.38. The molecule has 1 saturated heterocycles. The molecule has 0 saturated carbocycles. The summed E-state index contributed by atoms with van der Waals surface area (Å²) in [5, 5.41) is 21.3. The molecule has 0 radical (unpaired) electrons. The molecule has 3 aromatic rings. The van der Waals surface area contributed by atoms with Gasteiger partial charge in [-0.1, -0.05) is 39.8 Å². The van der Waals surface area contributed by atoms with Crippen LogP contribution in [0.5, 0.6) is 0 Å². The number of nitrogens with zero attached hydrogens (tertiary/aromatic N) is 6. The van der Waals surface area contributed by atoms with E-state index in [1.807, 2.05) is 17.0 Å². The summed E-state index contributed by atoms with van der Waals surface area (Å²) in [5.74, 6) is 2.88. The van der Waals surface area contributed by atoms with Gasteiger partial charge in [0, 0.05) is 43.2 Å². The standard InChI is InChI=1S/C24H35N9O2.2ClH/c1-15(2)14-33(17-9-16(10-25-11-17)20-29-31-32-30-20)22(34)19-13-27-23(24(3,4)5)28-21(19)26-12-18-7-6-8-35-18;;/h6-8,13,15-17,25H,9-12,14H2,1-5H3,(H,26,27,28)(H,29,30,31,32);2*1H/t16-,17?;;/m1../s1. The van der Waals surface area contributed by atoms with Gasteiger partial charge in [0.1, 0.15) is 23.0 Å². The van der Waals surface area contributed by atoms with Gasteiger partial charge in [0.2, 0.25) is 0 Å². The largest absolute Gasteiger partial charge is 0.467 e. The first-order chi connectivity index (χ1) is 16.7. The Bertz CT molecular complexity index is 1100. The van der Waals surface area contributed by atoms with Crippen LogP contribution in [-0.4, -0.2) is 67.1 Å². The van der Waals surface area contributed by atoms with Crippen LogP contribution in [0.4, 0.5) is 5.82 Å². The lowest BCUT2D eigenvalue weighted by atomic mass is 9.93. The van der Waals surface area contributed by atoms with E-state index < -0.39 is 0 Å². The lowest BCUT2D eigenvalue weighted by Crippen LogP contribution is -2.52. The van der Waals surface area contributed by atoms with Gasteiger partial charge in [-0.2, -0.15) is 5.21 Å². The number of aromatic nitrogens is 6. The van der Waals surface area contributed by atoms with Gasteiger partial charge < -0.3 is 20.0 Å². The number of halogens is 2. The highest BCUT2D eigenvalue weighted by Crippen LogP contribution is 2.27. The minimum atomic E-state index is -0.259. The van der Waals surface area contributed by atoms with Crippen LogP contribution < -0.4 is 10.6 Å². The molecule has 4 rings (SSSR count). The van der Waals surface area contributed by atoms with Crippen LogP contribution in [0, 0.1) is 5.92 Å². The monoisotopic (exact) mass is 553 g/mol. The number of amides is 1. The van der Waals surface area contributed by atoms with Gasteiger partial charge in [-0.3, -0.25) is 4.79 Å².